The van der Waals surface area contributed by atoms with Crippen LogP contribution in [0.1, 0.15) is 41.1 Å². The van der Waals surface area contributed by atoms with Gasteiger partial charge in [0.2, 0.25) is 0 Å². The Hall–Kier alpha value is -2.95. The van der Waals surface area contributed by atoms with Crippen LogP contribution in [0.25, 0.3) is 0 Å². The number of nitrogens with two attached hydrogens (primary N) is 1. The van der Waals surface area contributed by atoms with Gasteiger partial charge in [-0.3, -0.25) is 4.79 Å². The summed E-state index contributed by atoms with van der Waals surface area (Å²) in [6.07, 6.45) is 2.66. The molecule has 0 radical (unpaired) electrons. The highest BCUT2D eigenvalue weighted by atomic mass is 16.2. The van der Waals surface area contributed by atoms with Crippen LogP contribution in [0.3, 0.4) is 0 Å². The average molecular weight is 416 g/mol. The third-order valence-corrected chi connectivity index (χ3v) is 6.20. The molecule has 31 heavy (non-hydrogen) atoms. The molecule has 0 aromatic heterocycles. The Bertz CT molecular complexity index is 979. The van der Waals surface area contributed by atoms with E-state index in [-0.39, 0.29) is 11.9 Å². The van der Waals surface area contributed by atoms with Crippen molar-refractivity contribution in [2.75, 3.05) is 18.4 Å². The lowest BCUT2D eigenvalue weighted by molar-refractivity contribution is -0.901. The molecular weight excluding hydrogens is 382 g/mol. The number of likely N-dealkylation sites (tertiary alicyclic amines) is 1. The van der Waals surface area contributed by atoms with E-state index in [1.807, 2.05) is 61.5 Å². The van der Waals surface area contributed by atoms with Crippen molar-refractivity contribution in [3.05, 3.63) is 101 Å². The van der Waals surface area contributed by atoms with Gasteiger partial charge < -0.3 is 15.5 Å². The molecule has 0 bridgehead atoms. The third kappa shape index (κ3) is 5.81. The average Bonchev–Trinajstić information content (AvgIpc) is 3.30. The lowest BCUT2D eigenvalue weighted by atomic mass is 10.0. The molecule has 1 fully saturated rings. The largest absolute Gasteiger partial charge is 0.331 e. The highest BCUT2D eigenvalue weighted by molar-refractivity contribution is 5.94. The number of rotatable bonds is 8. The van der Waals surface area contributed by atoms with E-state index < -0.39 is 0 Å². The molecule has 0 aliphatic carbocycles. The van der Waals surface area contributed by atoms with Gasteiger partial charge in [-0.2, -0.15) is 0 Å². The van der Waals surface area contributed by atoms with E-state index in [0.29, 0.717) is 0 Å². The number of benzene rings is 3. The summed E-state index contributed by atoms with van der Waals surface area (Å²) in [5, 5.41) is 5.27. The standard InChI is InChI=1S/C27H31N3O/c1-21-13-15-25(16-14-21)29-27(31)26(22-9-3-2-4-10-22)28-19-23-11-5-6-12-24(23)20-30-17-7-8-18-30/h2-6,9-16,26,28H,7-8,17-20H2,1H3,(H,29,31)/p+2/t26-/m1/s1. The van der Waals surface area contributed by atoms with Gasteiger partial charge in [0.05, 0.1) is 13.1 Å². The molecule has 4 rings (SSSR count). The number of hydrogen-bond acceptors (Lipinski definition) is 1. The van der Waals surface area contributed by atoms with Crippen LogP contribution in [0.2, 0.25) is 0 Å². The molecule has 1 aliphatic heterocycles. The number of carbonyl (C=O) groups is 1. The van der Waals surface area contributed by atoms with Crippen molar-refractivity contribution in [3.63, 3.8) is 0 Å². The monoisotopic (exact) mass is 415 g/mol. The molecule has 1 heterocycles. The first-order valence-corrected chi connectivity index (χ1v) is 11.4. The highest BCUT2D eigenvalue weighted by Gasteiger charge is 2.25. The Balaban J connectivity index is 1.49. The summed E-state index contributed by atoms with van der Waals surface area (Å²) in [5.74, 6) is 0.0118. The zero-order chi connectivity index (χ0) is 21.5. The Labute approximate surface area is 185 Å². The number of nitrogens with one attached hydrogen (secondary N) is 2. The maximum absolute atomic E-state index is 13.2. The van der Waals surface area contributed by atoms with Crippen LogP contribution in [-0.4, -0.2) is 19.0 Å². The summed E-state index contributed by atoms with van der Waals surface area (Å²) in [5.41, 5.74) is 5.77. The van der Waals surface area contributed by atoms with Gasteiger partial charge in [-0.05, 0) is 19.1 Å². The maximum Gasteiger partial charge on any atom is 0.287 e. The first kappa shape index (κ1) is 21.3. The Kier molecular flexibility index (Phi) is 7.13. The number of carbonyl (C=O) groups excluding carboxylic acids is 1. The first-order valence-electron chi connectivity index (χ1n) is 11.4. The van der Waals surface area contributed by atoms with Crippen molar-refractivity contribution in [2.24, 2.45) is 0 Å². The Morgan fingerprint density at radius 2 is 1.55 bits per heavy atom. The molecule has 4 N–H and O–H groups in total. The second kappa shape index (κ2) is 10.4. The number of quaternary nitrogens is 2. The van der Waals surface area contributed by atoms with Crippen LogP contribution < -0.4 is 15.5 Å². The molecule has 0 saturated carbocycles. The van der Waals surface area contributed by atoms with Gasteiger partial charge in [0, 0.05) is 35.2 Å². The number of hydrogen-bond donors (Lipinski definition) is 3. The predicted octanol–water partition coefficient (Wildman–Crippen LogP) is 2.62. The lowest BCUT2D eigenvalue weighted by Crippen LogP contribution is -3.08. The Morgan fingerprint density at radius 1 is 0.903 bits per heavy atom. The molecule has 3 aromatic carbocycles. The van der Waals surface area contributed by atoms with Crippen molar-refractivity contribution < 1.29 is 15.0 Å². The van der Waals surface area contributed by atoms with Gasteiger partial charge in [-0.15, -0.1) is 0 Å². The maximum atomic E-state index is 13.2. The van der Waals surface area contributed by atoms with Crippen LogP contribution in [0.4, 0.5) is 5.69 Å². The molecule has 1 atom stereocenters. The van der Waals surface area contributed by atoms with Gasteiger partial charge >= 0.3 is 0 Å². The zero-order valence-electron chi connectivity index (χ0n) is 18.3. The summed E-state index contributed by atoms with van der Waals surface area (Å²) in [4.78, 5) is 14.9. The SMILES string of the molecule is Cc1ccc(NC(=O)[C@H]([NH2+]Cc2ccccc2C[NH+]2CCCC2)c2ccccc2)cc1. The number of anilines is 1. The fourth-order valence-corrected chi connectivity index (χ4v) is 4.41. The topological polar surface area (TPSA) is 50.1 Å². The van der Waals surface area contributed by atoms with E-state index in [9.17, 15) is 4.79 Å². The molecule has 160 valence electrons. The fraction of sp³-hybridized carbons (Fsp3) is 0.296. The first-order chi connectivity index (χ1) is 15.2. The normalized spacial score (nSPS) is 15.0. The van der Waals surface area contributed by atoms with Gasteiger partial charge in [0.1, 0.15) is 13.1 Å². The second-order valence-electron chi connectivity index (χ2n) is 8.59. The summed E-state index contributed by atoms with van der Waals surface area (Å²) >= 11 is 0. The van der Waals surface area contributed by atoms with Crippen LogP contribution in [0.5, 0.6) is 0 Å². The van der Waals surface area contributed by atoms with Crippen molar-refractivity contribution in [1.29, 1.82) is 0 Å². The molecule has 0 spiro atoms. The third-order valence-electron chi connectivity index (χ3n) is 6.20. The zero-order valence-corrected chi connectivity index (χ0v) is 18.3. The van der Waals surface area contributed by atoms with Gasteiger partial charge in [-0.25, -0.2) is 0 Å². The molecule has 4 heteroatoms. The molecule has 1 aliphatic rings. The molecule has 4 nitrogen and oxygen atoms in total. The Morgan fingerprint density at radius 3 is 2.26 bits per heavy atom. The van der Waals surface area contributed by atoms with Gasteiger partial charge in [0.25, 0.3) is 5.91 Å². The molecular formula is C27H33N3O+2. The van der Waals surface area contributed by atoms with Crippen LogP contribution in [0, 0.1) is 6.92 Å². The summed E-state index contributed by atoms with van der Waals surface area (Å²) in [6.45, 7) is 6.45. The molecule has 0 unspecified atom stereocenters. The highest BCUT2D eigenvalue weighted by Crippen LogP contribution is 2.15. The van der Waals surface area contributed by atoms with E-state index in [2.05, 4.69) is 34.9 Å². The van der Waals surface area contributed by atoms with Crippen molar-refractivity contribution in [2.45, 2.75) is 38.9 Å². The minimum Gasteiger partial charge on any atom is -0.331 e. The number of amides is 1. The van der Waals surface area contributed by atoms with Gasteiger partial charge in [0.15, 0.2) is 6.04 Å². The fourth-order valence-electron chi connectivity index (χ4n) is 4.41. The van der Waals surface area contributed by atoms with E-state index in [4.69, 9.17) is 0 Å². The summed E-state index contributed by atoms with van der Waals surface area (Å²) < 4.78 is 0. The summed E-state index contributed by atoms with van der Waals surface area (Å²) in [6, 6.07) is 26.4. The van der Waals surface area contributed by atoms with Crippen molar-refractivity contribution in [1.82, 2.24) is 0 Å². The molecule has 1 amide bonds. The van der Waals surface area contributed by atoms with Crippen LogP contribution in [0.15, 0.2) is 78.9 Å². The van der Waals surface area contributed by atoms with Crippen LogP contribution in [-0.2, 0) is 17.9 Å². The van der Waals surface area contributed by atoms with E-state index in [1.54, 1.807) is 4.90 Å². The second-order valence-corrected chi connectivity index (χ2v) is 8.59. The molecule has 1 saturated heterocycles. The lowest BCUT2D eigenvalue weighted by Gasteiger charge is -2.18. The van der Waals surface area contributed by atoms with Gasteiger partial charge in [-0.1, -0.05) is 72.3 Å². The minimum atomic E-state index is -0.297. The predicted molar refractivity (Wildman–Crippen MR) is 125 cm³/mol. The minimum absolute atomic E-state index is 0.0118. The van der Waals surface area contributed by atoms with Crippen LogP contribution >= 0.6 is 0 Å². The van der Waals surface area contributed by atoms with E-state index in [1.165, 1.54) is 42.6 Å². The quantitative estimate of drug-likeness (QED) is 0.521. The molecule has 3 aromatic rings. The van der Waals surface area contributed by atoms with Crippen molar-refractivity contribution >= 4 is 11.6 Å². The van der Waals surface area contributed by atoms with Crippen molar-refractivity contribution in [3.8, 4) is 0 Å². The smallest absolute Gasteiger partial charge is 0.287 e. The van der Waals surface area contributed by atoms with E-state index >= 15 is 0 Å². The number of aryl methyl sites for hydroxylation is 1. The van der Waals surface area contributed by atoms with E-state index in [0.717, 1.165) is 24.3 Å². The summed E-state index contributed by atoms with van der Waals surface area (Å²) in [7, 11) is 0.